The van der Waals surface area contributed by atoms with Crippen LogP contribution >= 0.6 is 11.8 Å². The summed E-state index contributed by atoms with van der Waals surface area (Å²) in [5.41, 5.74) is -0.163. The number of H-pyrrole nitrogens is 1. The van der Waals surface area contributed by atoms with E-state index in [0.29, 0.717) is 0 Å². The second-order valence-corrected chi connectivity index (χ2v) is 4.08. The van der Waals surface area contributed by atoms with Crippen LogP contribution < -0.4 is 5.69 Å². The summed E-state index contributed by atoms with van der Waals surface area (Å²) in [6.07, 6.45) is 1.26. The van der Waals surface area contributed by atoms with Crippen LogP contribution in [-0.4, -0.2) is 38.4 Å². The molecule has 0 radical (unpaired) electrons. The lowest BCUT2D eigenvalue weighted by Crippen LogP contribution is -2.19. The van der Waals surface area contributed by atoms with E-state index in [4.69, 9.17) is 5.26 Å². The average molecular weight is 265 g/mol. The Balaban J connectivity index is 2.39. The van der Waals surface area contributed by atoms with E-state index in [1.54, 1.807) is 0 Å². The number of ether oxygens (including phenoxy) is 1. The second kappa shape index (κ2) is 4.89. The molecule has 2 rings (SSSR count). The molecule has 0 aliphatic rings. The Morgan fingerprint density at radius 1 is 1.72 bits per heavy atom. The van der Waals surface area contributed by atoms with Crippen LogP contribution in [0.4, 0.5) is 0 Å². The number of carbonyl (C=O) groups excluding carboxylic acids is 1. The van der Waals surface area contributed by atoms with Gasteiger partial charge in [-0.15, -0.1) is 0 Å². The third-order valence-electron chi connectivity index (χ3n) is 2.03. The number of hydrogen-bond donors (Lipinski definition) is 1. The number of thioether (sulfide) groups is 1. The Morgan fingerprint density at radius 3 is 3.17 bits per heavy atom. The van der Waals surface area contributed by atoms with Gasteiger partial charge in [-0.05, 0) is 0 Å². The molecule has 2 aromatic rings. The number of rotatable bonds is 3. The highest BCUT2D eigenvalue weighted by Crippen LogP contribution is 2.13. The minimum Gasteiger partial charge on any atom is -0.468 e. The molecule has 0 aromatic carbocycles. The van der Waals surface area contributed by atoms with Crippen molar-refractivity contribution in [3.8, 4) is 6.07 Å². The van der Waals surface area contributed by atoms with Gasteiger partial charge in [0.05, 0.1) is 19.1 Å². The van der Waals surface area contributed by atoms with Gasteiger partial charge in [-0.3, -0.25) is 9.78 Å². The molecular weight excluding hydrogens is 258 g/mol. The third kappa shape index (κ3) is 2.18. The summed E-state index contributed by atoms with van der Waals surface area (Å²) < 4.78 is 5.46. The van der Waals surface area contributed by atoms with Gasteiger partial charge in [0, 0.05) is 0 Å². The highest BCUT2D eigenvalue weighted by molar-refractivity contribution is 7.99. The summed E-state index contributed by atoms with van der Waals surface area (Å²) in [5.74, 6) is -0.414. The van der Waals surface area contributed by atoms with E-state index < -0.39 is 11.7 Å². The fraction of sp³-hybridized carbons (Fsp3) is 0.222. The maximum absolute atomic E-state index is 11.6. The number of fused-ring (bicyclic) bond motifs is 1. The molecule has 0 bridgehead atoms. The lowest BCUT2D eigenvalue weighted by atomic mass is 10.4. The van der Waals surface area contributed by atoms with Gasteiger partial charge in [0.25, 0.3) is 0 Å². The van der Waals surface area contributed by atoms with Crippen molar-refractivity contribution in [2.24, 2.45) is 0 Å². The van der Waals surface area contributed by atoms with Crippen molar-refractivity contribution < 1.29 is 9.53 Å². The zero-order chi connectivity index (χ0) is 13.1. The van der Waals surface area contributed by atoms with E-state index in [0.717, 1.165) is 16.3 Å². The zero-order valence-corrected chi connectivity index (χ0v) is 10.0. The normalized spacial score (nSPS) is 10.2. The number of aromatic amines is 1. The van der Waals surface area contributed by atoms with Crippen LogP contribution in [-0.2, 0) is 9.53 Å². The van der Waals surface area contributed by atoms with Crippen molar-refractivity contribution >= 4 is 23.4 Å². The van der Waals surface area contributed by atoms with Gasteiger partial charge >= 0.3 is 11.7 Å². The Bertz CT molecular complexity index is 698. The molecule has 0 aliphatic carbocycles. The number of methoxy groups -OCH3 is 1. The molecule has 0 atom stereocenters. The fourth-order valence-corrected chi connectivity index (χ4v) is 1.88. The van der Waals surface area contributed by atoms with Gasteiger partial charge in [0.15, 0.2) is 10.8 Å². The van der Waals surface area contributed by atoms with Crippen molar-refractivity contribution in [2.75, 3.05) is 12.9 Å². The van der Waals surface area contributed by atoms with Gasteiger partial charge in [0.2, 0.25) is 0 Å². The largest absolute Gasteiger partial charge is 0.468 e. The minimum atomic E-state index is -0.520. The predicted octanol–water partition coefficient (Wildman–Crippen LogP) is -0.446. The monoisotopic (exact) mass is 265 g/mol. The summed E-state index contributed by atoms with van der Waals surface area (Å²) in [4.78, 5) is 29.1. The number of nitrogens with one attached hydrogen (secondary N) is 1. The molecule has 2 aromatic heterocycles. The molecule has 1 N–H and O–H groups in total. The van der Waals surface area contributed by atoms with Crippen LogP contribution in [0.25, 0.3) is 5.65 Å². The summed E-state index contributed by atoms with van der Waals surface area (Å²) in [7, 11) is 1.27. The molecule has 0 amide bonds. The molecule has 8 nitrogen and oxygen atoms in total. The molecule has 9 heteroatoms. The first-order valence-electron chi connectivity index (χ1n) is 4.73. The Kier molecular flexibility index (Phi) is 3.29. The van der Waals surface area contributed by atoms with Gasteiger partial charge < -0.3 is 4.74 Å². The second-order valence-electron chi connectivity index (χ2n) is 3.12. The summed E-state index contributed by atoms with van der Waals surface area (Å²) in [6.45, 7) is 0. The molecule has 92 valence electrons. The molecule has 0 fully saturated rings. The molecule has 0 saturated heterocycles. The van der Waals surface area contributed by atoms with E-state index >= 15 is 0 Å². The van der Waals surface area contributed by atoms with Gasteiger partial charge in [-0.25, -0.2) is 9.78 Å². The Labute approximate surface area is 105 Å². The lowest BCUT2D eigenvalue weighted by Gasteiger charge is -2.00. The first-order valence-corrected chi connectivity index (χ1v) is 5.72. The average Bonchev–Trinajstić information content (AvgIpc) is 2.79. The van der Waals surface area contributed by atoms with Crippen molar-refractivity contribution in [1.29, 1.82) is 5.26 Å². The minimum absolute atomic E-state index is 0.0195. The molecule has 0 aliphatic heterocycles. The Morgan fingerprint density at radius 2 is 2.50 bits per heavy atom. The molecule has 18 heavy (non-hydrogen) atoms. The number of nitriles is 1. The van der Waals surface area contributed by atoms with Crippen molar-refractivity contribution in [2.45, 2.75) is 5.16 Å². The van der Waals surface area contributed by atoms with Gasteiger partial charge in [0.1, 0.15) is 11.6 Å². The van der Waals surface area contributed by atoms with Gasteiger partial charge in [-0.1, -0.05) is 11.8 Å². The first-order chi connectivity index (χ1) is 8.65. The zero-order valence-electron chi connectivity index (χ0n) is 9.21. The van der Waals surface area contributed by atoms with Crippen molar-refractivity contribution in [1.82, 2.24) is 19.6 Å². The van der Waals surface area contributed by atoms with Crippen molar-refractivity contribution in [3.05, 3.63) is 22.2 Å². The van der Waals surface area contributed by atoms with Crippen LogP contribution in [0.5, 0.6) is 0 Å². The third-order valence-corrected chi connectivity index (χ3v) is 2.88. The first kappa shape index (κ1) is 12.1. The van der Waals surface area contributed by atoms with Gasteiger partial charge in [-0.2, -0.15) is 14.9 Å². The smallest absolute Gasteiger partial charge is 0.350 e. The highest BCUT2D eigenvalue weighted by Gasteiger charge is 2.11. The number of hydrogen-bond acceptors (Lipinski definition) is 7. The van der Waals surface area contributed by atoms with E-state index in [1.165, 1.54) is 13.3 Å². The quantitative estimate of drug-likeness (QED) is 0.590. The van der Waals surface area contributed by atoms with E-state index in [9.17, 15) is 9.59 Å². The van der Waals surface area contributed by atoms with Crippen molar-refractivity contribution in [3.63, 3.8) is 0 Å². The predicted molar refractivity (Wildman–Crippen MR) is 61.1 cm³/mol. The topological polar surface area (TPSA) is 113 Å². The SMILES string of the molecule is COC(=O)CSc1nc2c(C#N)cnn2c(=O)[nH]1. The fourth-order valence-electron chi connectivity index (χ4n) is 1.20. The highest BCUT2D eigenvalue weighted by atomic mass is 32.2. The maximum atomic E-state index is 11.6. The summed E-state index contributed by atoms with van der Waals surface area (Å²) in [5, 5.41) is 12.8. The van der Waals surface area contributed by atoms with Crippen LogP contribution in [0.15, 0.2) is 16.1 Å². The van der Waals surface area contributed by atoms with Crippen LogP contribution in [0.2, 0.25) is 0 Å². The Hall–Kier alpha value is -2.34. The number of carbonyl (C=O) groups is 1. The molecule has 0 spiro atoms. The molecule has 0 saturated carbocycles. The van der Waals surface area contributed by atoms with E-state index in [-0.39, 0.29) is 22.1 Å². The number of nitrogens with zero attached hydrogens (tertiary/aromatic N) is 4. The molecule has 2 heterocycles. The van der Waals surface area contributed by atoms with Crippen LogP contribution in [0.3, 0.4) is 0 Å². The number of aromatic nitrogens is 4. The molecular formula is C9H7N5O3S. The summed E-state index contributed by atoms with van der Waals surface area (Å²) >= 11 is 1.01. The summed E-state index contributed by atoms with van der Waals surface area (Å²) in [6, 6.07) is 1.88. The van der Waals surface area contributed by atoms with Crippen LogP contribution in [0, 0.1) is 11.3 Å². The number of esters is 1. The molecule has 0 unspecified atom stereocenters. The van der Waals surface area contributed by atoms with Crippen LogP contribution in [0.1, 0.15) is 5.56 Å². The maximum Gasteiger partial charge on any atom is 0.350 e. The lowest BCUT2D eigenvalue weighted by molar-refractivity contribution is -0.137. The standard InChI is InChI=1S/C9H7N5O3S/c1-17-6(15)4-18-8-12-7-5(2-10)3-11-14(7)9(16)13-8/h3H,4H2,1H3,(H,12,13,16). The van der Waals surface area contributed by atoms with E-state index in [2.05, 4.69) is 19.8 Å². The van der Waals surface area contributed by atoms with E-state index in [1.807, 2.05) is 6.07 Å².